The minimum absolute atomic E-state index is 0.185. The summed E-state index contributed by atoms with van der Waals surface area (Å²) < 4.78 is 13.0. The van der Waals surface area contributed by atoms with Crippen LogP contribution in [0.25, 0.3) is 0 Å². The number of hydrogen-bond donors (Lipinski definition) is 2. The lowest BCUT2D eigenvalue weighted by Gasteiger charge is -2.22. The van der Waals surface area contributed by atoms with E-state index in [2.05, 4.69) is 15.3 Å². The van der Waals surface area contributed by atoms with Gasteiger partial charge in [-0.1, -0.05) is 11.6 Å². The van der Waals surface area contributed by atoms with Gasteiger partial charge in [0.25, 0.3) is 0 Å². The van der Waals surface area contributed by atoms with Crippen molar-refractivity contribution < 1.29 is 4.39 Å². The Labute approximate surface area is 122 Å². The number of aromatic nitrogens is 2. The van der Waals surface area contributed by atoms with Crippen LogP contribution in [0.2, 0.25) is 5.02 Å². The van der Waals surface area contributed by atoms with E-state index in [1.54, 1.807) is 12.1 Å². The molecule has 1 atom stereocenters. The number of nitrogens with one attached hydrogen (secondary N) is 1. The normalized spacial score (nSPS) is 12.7. The third-order valence-electron chi connectivity index (χ3n) is 2.77. The third-order valence-corrected chi connectivity index (χ3v) is 2.98. The van der Waals surface area contributed by atoms with E-state index in [0.717, 1.165) is 5.56 Å². The summed E-state index contributed by atoms with van der Waals surface area (Å²) in [7, 11) is 0. The molecule has 1 unspecified atom stereocenters. The first kappa shape index (κ1) is 14.7. The lowest BCUT2D eigenvalue weighted by atomic mass is 10.0. The zero-order chi connectivity index (χ0) is 14.7. The monoisotopic (exact) mass is 294 g/mol. The Balaban J connectivity index is 2.46. The molecule has 0 saturated heterocycles. The molecule has 0 spiro atoms. The van der Waals surface area contributed by atoms with Gasteiger partial charge in [0.15, 0.2) is 0 Å². The molecule has 6 heteroatoms. The van der Waals surface area contributed by atoms with Gasteiger partial charge in [0, 0.05) is 17.8 Å². The molecular weight excluding hydrogens is 279 g/mol. The minimum Gasteiger partial charge on any atom is -0.383 e. The third kappa shape index (κ3) is 3.43. The number of nitrogens with two attached hydrogens (primary N) is 1. The lowest BCUT2D eigenvalue weighted by molar-refractivity contribution is 0.517. The van der Waals surface area contributed by atoms with Crippen molar-refractivity contribution in [2.75, 3.05) is 5.73 Å². The van der Waals surface area contributed by atoms with Gasteiger partial charge in [0.2, 0.25) is 0 Å². The predicted octanol–water partition coefficient (Wildman–Crippen LogP) is 2.94. The molecule has 0 fully saturated rings. The van der Waals surface area contributed by atoms with Crippen molar-refractivity contribution in [3.8, 4) is 0 Å². The Morgan fingerprint density at radius 1 is 1.25 bits per heavy atom. The fourth-order valence-electron chi connectivity index (χ4n) is 1.92. The van der Waals surface area contributed by atoms with Gasteiger partial charge < -0.3 is 11.1 Å². The van der Waals surface area contributed by atoms with E-state index in [1.165, 1.54) is 18.5 Å². The SMILES string of the molecule is CC(C)NC(c1ccc(F)cn1)c1cc(Cl)cnc1N. The molecule has 2 heterocycles. The summed E-state index contributed by atoms with van der Waals surface area (Å²) in [6, 6.07) is 4.63. The fraction of sp³-hybridized carbons (Fsp3) is 0.286. The molecule has 2 rings (SSSR count). The highest BCUT2D eigenvalue weighted by Crippen LogP contribution is 2.27. The molecule has 2 aromatic heterocycles. The number of rotatable bonds is 4. The average Bonchev–Trinajstić information content (AvgIpc) is 2.40. The van der Waals surface area contributed by atoms with Crippen molar-refractivity contribution in [1.29, 1.82) is 0 Å². The summed E-state index contributed by atoms with van der Waals surface area (Å²) in [5, 5.41) is 3.83. The minimum atomic E-state index is -0.380. The summed E-state index contributed by atoms with van der Waals surface area (Å²) in [5.74, 6) is -0.00656. The van der Waals surface area contributed by atoms with Gasteiger partial charge in [-0.25, -0.2) is 9.37 Å². The Morgan fingerprint density at radius 2 is 2.00 bits per heavy atom. The molecule has 0 aliphatic rings. The smallest absolute Gasteiger partial charge is 0.141 e. The number of halogens is 2. The predicted molar refractivity (Wildman–Crippen MR) is 78.0 cm³/mol. The lowest BCUT2D eigenvalue weighted by Crippen LogP contribution is -2.30. The van der Waals surface area contributed by atoms with Gasteiger partial charge >= 0.3 is 0 Å². The number of hydrogen-bond acceptors (Lipinski definition) is 4. The van der Waals surface area contributed by atoms with Gasteiger partial charge in [0.05, 0.1) is 23.0 Å². The number of anilines is 1. The zero-order valence-corrected chi connectivity index (χ0v) is 12.0. The molecular formula is C14H16ClFN4. The molecule has 0 saturated carbocycles. The van der Waals surface area contributed by atoms with Crippen LogP contribution in [0, 0.1) is 5.82 Å². The second kappa shape index (κ2) is 6.15. The molecule has 0 aliphatic carbocycles. The van der Waals surface area contributed by atoms with Crippen LogP contribution in [-0.4, -0.2) is 16.0 Å². The largest absolute Gasteiger partial charge is 0.383 e. The van der Waals surface area contributed by atoms with Gasteiger partial charge in [-0.3, -0.25) is 4.98 Å². The summed E-state index contributed by atoms with van der Waals surface area (Å²) in [5.41, 5.74) is 7.31. The first-order chi connectivity index (χ1) is 9.47. The molecule has 0 aliphatic heterocycles. The van der Waals surface area contributed by atoms with Crippen molar-refractivity contribution in [3.05, 3.63) is 52.7 Å². The molecule has 0 radical (unpaired) electrons. The molecule has 0 aromatic carbocycles. The van der Waals surface area contributed by atoms with Gasteiger partial charge in [-0.05, 0) is 32.0 Å². The standard InChI is InChI=1S/C14H16ClFN4/c1-8(2)20-13(12-4-3-10(16)7-18-12)11-5-9(15)6-19-14(11)17/h3-8,13,20H,1-2H3,(H2,17,19). The van der Waals surface area contributed by atoms with Crippen molar-refractivity contribution in [3.63, 3.8) is 0 Å². The first-order valence-corrected chi connectivity index (χ1v) is 6.63. The van der Waals surface area contributed by atoms with Crippen molar-refractivity contribution >= 4 is 17.4 Å². The van der Waals surface area contributed by atoms with E-state index >= 15 is 0 Å². The zero-order valence-electron chi connectivity index (χ0n) is 11.3. The van der Waals surface area contributed by atoms with Crippen LogP contribution in [0.1, 0.15) is 31.1 Å². The second-order valence-electron chi connectivity index (χ2n) is 4.78. The topological polar surface area (TPSA) is 63.8 Å². The fourth-order valence-corrected chi connectivity index (χ4v) is 2.09. The highest BCUT2D eigenvalue weighted by Gasteiger charge is 2.20. The van der Waals surface area contributed by atoms with Crippen LogP contribution in [-0.2, 0) is 0 Å². The maximum absolute atomic E-state index is 13.0. The summed E-state index contributed by atoms with van der Waals surface area (Å²) >= 11 is 5.98. The van der Waals surface area contributed by atoms with Gasteiger partial charge in [0.1, 0.15) is 11.6 Å². The highest BCUT2D eigenvalue weighted by atomic mass is 35.5. The van der Waals surface area contributed by atoms with Crippen LogP contribution in [0.5, 0.6) is 0 Å². The number of nitrogens with zero attached hydrogens (tertiary/aromatic N) is 2. The number of pyridine rings is 2. The molecule has 3 N–H and O–H groups in total. The van der Waals surface area contributed by atoms with Crippen LogP contribution >= 0.6 is 11.6 Å². The Hall–Kier alpha value is -1.72. The Bertz CT molecular complexity index is 586. The van der Waals surface area contributed by atoms with E-state index in [1.807, 2.05) is 13.8 Å². The van der Waals surface area contributed by atoms with E-state index in [-0.39, 0.29) is 17.9 Å². The summed E-state index contributed by atoms with van der Waals surface area (Å²) in [6.07, 6.45) is 2.67. The van der Waals surface area contributed by atoms with Crippen molar-refractivity contribution in [2.45, 2.75) is 25.9 Å². The Kier molecular flexibility index (Phi) is 4.52. The van der Waals surface area contributed by atoms with E-state index in [9.17, 15) is 4.39 Å². The van der Waals surface area contributed by atoms with Crippen molar-refractivity contribution in [2.24, 2.45) is 0 Å². The quantitative estimate of drug-likeness (QED) is 0.910. The average molecular weight is 295 g/mol. The van der Waals surface area contributed by atoms with Gasteiger partial charge in [-0.2, -0.15) is 0 Å². The van der Waals surface area contributed by atoms with Crippen LogP contribution in [0.3, 0.4) is 0 Å². The number of nitrogen functional groups attached to an aromatic ring is 1. The molecule has 4 nitrogen and oxygen atoms in total. The second-order valence-corrected chi connectivity index (χ2v) is 5.22. The maximum atomic E-state index is 13.0. The molecule has 20 heavy (non-hydrogen) atoms. The van der Waals surface area contributed by atoms with Crippen LogP contribution < -0.4 is 11.1 Å². The van der Waals surface area contributed by atoms with E-state index < -0.39 is 0 Å². The molecule has 106 valence electrons. The molecule has 0 amide bonds. The molecule has 2 aromatic rings. The highest BCUT2D eigenvalue weighted by molar-refractivity contribution is 6.30. The summed E-state index contributed by atoms with van der Waals surface area (Å²) in [6.45, 7) is 4.01. The van der Waals surface area contributed by atoms with E-state index in [4.69, 9.17) is 17.3 Å². The molecule has 0 bridgehead atoms. The van der Waals surface area contributed by atoms with Crippen LogP contribution in [0.4, 0.5) is 10.2 Å². The maximum Gasteiger partial charge on any atom is 0.141 e. The van der Waals surface area contributed by atoms with E-state index in [0.29, 0.717) is 16.5 Å². The summed E-state index contributed by atoms with van der Waals surface area (Å²) in [4.78, 5) is 8.17. The van der Waals surface area contributed by atoms with Gasteiger partial charge in [-0.15, -0.1) is 0 Å². The van der Waals surface area contributed by atoms with Crippen LogP contribution in [0.15, 0.2) is 30.6 Å². The first-order valence-electron chi connectivity index (χ1n) is 6.26. The van der Waals surface area contributed by atoms with Crippen molar-refractivity contribution in [1.82, 2.24) is 15.3 Å². The Morgan fingerprint density at radius 3 is 2.60 bits per heavy atom.